The first kappa shape index (κ1) is 11.9. The van der Waals surface area contributed by atoms with E-state index in [2.05, 4.69) is 11.9 Å². The van der Waals surface area contributed by atoms with Crippen LogP contribution in [0.3, 0.4) is 0 Å². The largest absolute Gasteiger partial charge is 0.458 e. The van der Waals surface area contributed by atoms with Crippen molar-refractivity contribution in [2.24, 2.45) is 5.92 Å². The zero-order valence-corrected chi connectivity index (χ0v) is 10.1. The van der Waals surface area contributed by atoms with Crippen molar-refractivity contribution in [2.45, 2.75) is 38.7 Å². The van der Waals surface area contributed by atoms with E-state index in [9.17, 15) is 4.79 Å². The maximum atomic E-state index is 11.9. The smallest absolute Gasteiger partial charge is 0.359 e. The normalized spacial score (nSPS) is 24.3. The molecule has 1 heterocycles. The first-order chi connectivity index (χ1) is 8.16. The molecule has 1 aliphatic carbocycles. The minimum Gasteiger partial charge on any atom is -0.458 e. The highest BCUT2D eigenvalue weighted by Gasteiger charge is 2.23. The molecule has 1 fully saturated rings. The van der Waals surface area contributed by atoms with Crippen LogP contribution in [0, 0.1) is 5.92 Å². The molecule has 0 saturated heterocycles. The molecule has 1 aliphatic rings. The highest BCUT2D eigenvalue weighted by molar-refractivity contribution is 5.92. The summed E-state index contributed by atoms with van der Waals surface area (Å²) in [7, 11) is 0. The van der Waals surface area contributed by atoms with E-state index in [1.807, 2.05) is 0 Å². The summed E-state index contributed by atoms with van der Waals surface area (Å²) in [6.07, 6.45) is 5.81. The molecular formula is C13H18N2O2. The Bertz CT molecular complexity index is 406. The van der Waals surface area contributed by atoms with Crippen LogP contribution in [0.4, 0.5) is 5.69 Å². The number of aromatic nitrogens is 1. The van der Waals surface area contributed by atoms with Crippen molar-refractivity contribution in [1.82, 2.24) is 4.98 Å². The minimum atomic E-state index is -0.401. The molecule has 4 nitrogen and oxygen atoms in total. The highest BCUT2D eigenvalue weighted by Crippen LogP contribution is 2.26. The third-order valence-electron chi connectivity index (χ3n) is 3.19. The van der Waals surface area contributed by atoms with Gasteiger partial charge in [0, 0.05) is 6.20 Å². The van der Waals surface area contributed by atoms with Gasteiger partial charge in [0.05, 0.1) is 5.69 Å². The summed E-state index contributed by atoms with van der Waals surface area (Å²) >= 11 is 0. The van der Waals surface area contributed by atoms with E-state index < -0.39 is 5.97 Å². The van der Waals surface area contributed by atoms with Crippen molar-refractivity contribution in [2.75, 3.05) is 5.73 Å². The molecule has 0 amide bonds. The lowest BCUT2D eigenvalue weighted by Crippen LogP contribution is -2.25. The standard InChI is InChI=1S/C13H18N2O2/c1-9-4-2-5-10(8-9)17-13(16)12-11(14)6-3-7-15-12/h3,6-7,9-10H,2,4-5,8,14H2,1H3. The molecule has 1 aromatic heterocycles. The Morgan fingerprint density at radius 2 is 2.35 bits per heavy atom. The van der Waals surface area contributed by atoms with Crippen LogP contribution in [-0.2, 0) is 4.74 Å². The van der Waals surface area contributed by atoms with E-state index in [4.69, 9.17) is 10.5 Å². The number of hydrogen-bond donors (Lipinski definition) is 1. The van der Waals surface area contributed by atoms with E-state index in [-0.39, 0.29) is 11.8 Å². The second-order valence-corrected chi connectivity index (χ2v) is 4.74. The van der Waals surface area contributed by atoms with Gasteiger partial charge < -0.3 is 10.5 Å². The predicted molar refractivity (Wildman–Crippen MR) is 65.5 cm³/mol. The van der Waals surface area contributed by atoms with E-state index in [1.54, 1.807) is 18.3 Å². The summed E-state index contributed by atoms with van der Waals surface area (Å²) < 4.78 is 5.45. The van der Waals surface area contributed by atoms with Gasteiger partial charge in [-0.05, 0) is 37.3 Å². The summed E-state index contributed by atoms with van der Waals surface area (Å²) in [5.74, 6) is 0.227. The maximum absolute atomic E-state index is 11.9. The molecule has 2 atom stereocenters. The van der Waals surface area contributed by atoms with Crippen LogP contribution in [0.1, 0.15) is 43.1 Å². The van der Waals surface area contributed by atoms with Crippen LogP contribution in [-0.4, -0.2) is 17.1 Å². The Morgan fingerprint density at radius 1 is 1.53 bits per heavy atom. The van der Waals surface area contributed by atoms with Gasteiger partial charge >= 0.3 is 5.97 Å². The van der Waals surface area contributed by atoms with Crippen molar-refractivity contribution in [3.8, 4) is 0 Å². The van der Waals surface area contributed by atoms with Crippen LogP contribution < -0.4 is 5.73 Å². The molecule has 0 spiro atoms. The number of anilines is 1. The number of carbonyl (C=O) groups excluding carboxylic acids is 1. The number of carbonyl (C=O) groups is 1. The Morgan fingerprint density at radius 3 is 3.06 bits per heavy atom. The van der Waals surface area contributed by atoms with Crippen LogP contribution in [0.5, 0.6) is 0 Å². The van der Waals surface area contributed by atoms with E-state index in [1.165, 1.54) is 6.42 Å². The van der Waals surface area contributed by atoms with Crippen molar-refractivity contribution in [1.29, 1.82) is 0 Å². The third kappa shape index (κ3) is 2.96. The molecule has 4 heteroatoms. The van der Waals surface area contributed by atoms with Crippen LogP contribution in [0.2, 0.25) is 0 Å². The number of nitrogens with zero attached hydrogens (tertiary/aromatic N) is 1. The topological polar surface area (TPSA) is 65.2 Å². The average molecular weight is 234 g/mol. The maximum Gasteiger partial charge on any atom is 0.359 e. The number of nitrogens with two attached hydrogens (primary N) is 1. The lowest BCUT2D eigenvalue weighted by Gasteiger charge is -2.26. The Balaban J connectivity index is 1.99. The van der Waals surface area contributed by atoms with Gasteiger partial charge in [0.15, 0.2) is 5.69 Å². The van der Waals surface area contributed by atoms with Gasteiger partial charge in [0.25, 0.3) is 0 Å². The first-order valence-corrected chi connectivity index (χ1v) is 6.08. The van der Waals surface area contributed by atoms with Gasteiger partial charge in [-0.15, -0.1) is 0 Å². The van der Waals surface area contributed by atoms with Crippen molar-refractivity contribution < 1.29 is 9.53 Å². The first-order valence-electron chi connectivity index (χ1n) is 6.08. The Kier molecular flexibility index (Phi) is 3.61. The fourth-order valence-electron chi connectivity index (χ4n) is 2.28. The Hall–Kier alpha value is -1.58. The fourth-order valence-corrected chi connectivity index (χ4v) is 2.28. The van der Waals surface area contributed by atoms with Crippen molar-refractivity contribution in [3.05, 3.63) is 24.0 Å². The number of esters is 1. The molecule has 0 bridgehead atoms. The molecule has 92 valence electrons. The van der Waals surface area contributed by atoms with E-state index in [0.29, 0.717) is 11.6 Å². The van der Waals surface area contributed by atoms with Gasteiger partial charge in [-0.3, -0.25) is 0 Å². The monoisotopic (exact) mass is 234 g/mol. The predicted octanol–water partition coefficient (Wildman–Crippen LogP) is 2.40. The van der Waals surface area contributed by atoms with E-state index in [0.717, 1.165) is 19.3 Å². The molecule has 17 heavy (non-hydrogen) atoms. The number of nitrogen functional groups attached to an aromatic ring is 1. The van der Waals surface area contributed by atoms with Gasteiger partial charge in [-0.25, -0.2) is 9.78 Å². The highest BCUT2D eigenvalue weighted by atomic mass is 16.5. The number of ether oxygens (including phenoxy) is 1. The van der Waals surface area contributed by atoms with E-state index >= 15 is 0 Å². The SMILES string of the molecule is CC1CCCC(OC(=O)c2ncccc2N)C1. The summed E-state index contributed by atoms with van der Waals surface area (Å²) in [5.41, 5.74) is 6.29. The van der Waals surface area contributed by atoms with Gasteiger partial charge in [-0.2, -0.15) is 0 Å². The zero-order chi connectivity index (χ0) is 12.3. The lowest BCUT2D eigenvalue weighted by molar-refractivity contribution is 0.0150. The molecule has 1 aromatic rings. The summed E-state index contributed by atoms with van der Waals surface area (Å²) in [6, 6.07) is 3.36. The molecular weight excluding hydrogens is 216 g/mol. The van der Waals surface area contributed by atoms with Gasteiger partial charge in [0.2, 0.25) is 0 Å². The molecule has 1 saturated carbocycles. The van der Waals surface area contributed by atoms with Gasteiger partial charge in [-0.1, -0.05) is 13.3 Å². The molecule has 0 aliphatic heterocycles. The number of hydrogen-bond acceptors (Lipinski definition) is 4. The number of rotatable bonds is 2. The zero-order valence-electron chi connectivity index (χ0n) is 10.1. The molecule has 2 unspecified atom stereocenters. The van der Waals surface area contributed by atoms with Crippen LogP contribution >= 0.6 is 0 Å². The number of pyridine rings is 1. The minimum absolute atomic E-state index is 0.0210. The molecule has 2 N–H and O–H groups in total. The average Bonchev–Trinajstić information content (AvgIpc) is 2.29. The van der Waals surface area contributed by atoms with Gasteiger partial charge in [0.1, 0.15) is 6.10 Å². The van der Waals surface area contributed by atoms with Crippen molar-refractivity contribution in [3.63, 3.8) is 0 Å². The lowest BCUT2D eigenvalue weighted by atomic mass is 9.89. The molecule has 0 radical (unpaired) electrons. The van der Waals surface area contributed by atoms with Crippen LogP contribution in [0.15, 0.2) is 18.3 Å². The van der Waals surface area contributed by atoms with Crippen molar-refractivity contribution >= 4 is 11.7 Å². The third-order valence-corrected chi connectivity index (χ3v) is 3.19. The summed E-state index contributed by atoms with van der Waals surface area (Å²) in [6.45, 7) is 2.19. The second-order valence-electron chi connectivity index (χ2n) is 4.74. The Labute approximate surface area is 101 Å². The summed E-state index contributed by atoms with van der Waals surface area (Å²) in [5, 5.41) is 0. The molecule has 0 aromatic carbocycles. The summed E-state index contributed by atoms with van der Waals surface area (Å²) in [4.78, 5) is 15.8. The van der Waals surface area contributed by atoms with Crippen LogP contribution in [0.25, 0.3) is 0 Å². The fraction of sp³-hybridized carbons (Fsp3) is 0.538. The molecule has 2 rings (SSSR count). The quantitative estimate of drug-likeness (QED) is 0.798. The second kappa shape index (κ2) is 5.17.